The Kier molecular flexibility index (Phi) is 1.88. The SMILES string of the molecule is CCc1cn(I)cn1. The van der Waals surface area contributed by atoms with Crippen LogP contribution < -0.4 is 0 Å². The summed E-state index contributed by atoms with van der Waals surface area (Å²) >= 11 is 2.18. The molecular weight excluding hydrogens is 215 g/mol. The van der Waals surface area contributed by atoms with Crippen LogP contribution in [0.2, 0.25) is 0 Å². The van der Waals surface area contributed by atoms with Gasteiger partial charge >= 0.3 is 0 Å². The highest BCUT2D eigenvalue weighted by Crippen LogP contribution is 1.98. The molecule has 0 bridgehead atoms. The van der Waals surface area contributed by atoms with Crippen molar-refractivity contribution in [3.05, 3.63) is 18.2 Å². The maximum absolute atomic E-state index is 4.09. The molecule has 0 saturated carbocycles. The molecule has 1 aromatic heterocycles. The molecule has 8 heavy (non-hydrogen) atoms. The lowest BCUT2D eigenvalue weighted by atomic mass is 10.4. The lowest BCUT2D eigenvalue weighted by molar-refractivity contribution is 1.06. The number of hydrogen-bond donors (Lipinski definition) is 0. The van der Waals surface area contributed by atoms with Crippen LogP contribution in [0.15, 0.2) is 12.5 Å². The summed E-state index contributed by atoms with van der Waals surface area (Å²) in [6.07, 6.45) is 4.84. The average molecular weight is 222 g/mol. The summed E-state index contributed by atoms with van der Waals surface area (Å²) in [5.74, 6) is 0. The molecule has 44 valence electrons. The van der Waals surface area contributed by atoms with Crippen molar-refractivity contribution >= 4 is 22.9 Å². The lowest BCUT2D eigenvalue weighted by Gasteiger charge is -1.79. The van der Waals surface area contributed by atoms with Gasteiger partial charge in [0.2, 0.25) is 0 Å². The van der Waals surface area contributed by atoms with Crippen LogP contribution in [0.25, 0.3) is 0 Å². The summed E-state index contributed by atoms with van der Waals surface area (Å²) in [5, 5.41) is 0. The third-order valence-corrected chi connectivity index (χ3v) is 1.50. The quantitative estimate of drug-likeness (QED) is 0.660. The van der Waals surface area contributed by atoms with Crippen LogP contribution in [0.4, 0.5) is 0 Å². The fourth-order valence-electron chi connectivity index (χ4n) is 0.521. The second-order valence-corrected chi connectivity index (χ2v) is 2.68. The third kappa shape index (κ3) is 1.21. The van der Waals surface area contributed by atoms with E-state index >= 15 is 0 Å². The van der Waals surface area contributed by atoms with Crippen molar-refractivity contribution in [3.8, 4) is 0 Å². The Morgan fingerprint density at radius 1 is 1.88 bits per heavy atom. The highest BCUT2D eigenvalue weighted by Gasteiger charge is 1.89. The molecule has 0 radical (unpaired) electrons. The van der Waals surface area contributed by atoms with Crippen molar-refractivity contribution in [1.29, 1.82) is 0 Å². The number of nitrogens with zero attached hydrogens (tertiary/aromatic N) is 2. The van der Waals surface area contributed by atoms with Gasteiger partial charge in [-0.15, -0.1) is 0 Å². The Bertz CT molecular complexity index is 171. The molecule has 0 unspecified atom stereocenters. The van der Waals surface area contributed by atoms with Gasteiger partial charge < -0.3 is 0 Å². The van der Waals surface area contributed by atoms with E-state index in [1.165, 1.54) is 0 Å². The summed E-state index contributed by atoms with van der Waals surface area (Å²) in [7, 11) is 0. The molecular formula is C5H7IN2. The number of aromatic nitrogens is 2. The molecule has 0 aliphatic carbocycles. The van der Waals surface area contributed by atoms with E-state index in [4.69, 9.17) is 0 Å². The van der Waals surface area contributed by atoms with Crippen molar-refractivity contribution in [2.24, 2.45) is 0 Å². The zero-order valence-corrected chi connectivity index (χ0v) is 6.79. The van der Waals surface area contributed by atoms with Crippen molar-refractivity contribution in [2.75, 3.05) is 0 Å². The van der Waals surface area contributed by atoms with Gasteiger partial charge in [0.05, 0.1) is 28.6 Å². The van der Waals surface area contributed by atoms with E-state index in [2.05, 4.69) is 34.8 Å². The Morgan fingerprint density at radius 3 is 2.88 bits per heavy atom. The monoisotopic (exact) mass is 222 g/mol. The fraction of sp³-hybridized carbons (Fsp3) is 0.400. The minimum Gasteiger partial charge on any atom is -0.278 e. The van der Waals surface area contributed by atoms with Crippen LogP contribution in [0.3, 0.4) is 0 Å². The number of halogens is 1. The smallest absolute Gasteiger partial charge is 0.104 e. The van der Waals surface area contributed by atoms with E-state index in [1.54, 1.807) is 6.33 Å². The highest BCUT2D eigenvalue weighted by molar-refractivity contribution is 14.1. The number of hydrogen-bond acceptors (Lipinski definition) is 1. The number of aryl methyl sites for hydroxylation is 1. The molecule has 0 aliphatic rings. The Balaban J connectivity index is 2.84. The van der Waals surface area contributed by atoms with Gasteiger partial charge in [-0.25, -0.2) is 4.98 Å². The second-order valence-electron chi connectivity index (χ2n) is 1.56. The first kappa shape index (κ1) is 6.07. The van der Waals surface area contributed by atoms with Crippen LogP contribution in [-0.2, 0) is 6.42 Å². The largest absolute Gasteiger partial charge is 0.278 e. The van der Waals surface area contributed by atoms with Gasteiger partial charge in [-0.1, -0.05) is 6.92 Å². The molecule has 0 amide bonds. The second kappa shape index (κ2) is 2.48. The van der Waals surface area contributed by atoms with Gasteiger partial charge in [-0.05, 0) is 6.42 Å². The first-order chi connectivity index (χ1) is 3.83. The maximum Gasteiger partial charge on any atom is 0.104 e. The van der Waals surface area contributed by atoms with Gasteiger partial charge in [0.25, 0.3) is 0 Å². The van der Waals surface area contributed by atoms with Crippen molar-refractivity contribution in [1.82, 2.24) is 7.76 Å². The molecule has 1 heterocycles. The van der Waals surface area contributed by atoms with Crippen LogP contribution in [0, 0.1) is 0 Å². The molecule has 0 spiro atoms. The molecule has 1 aromatic rings. The lowest BCUT2D eigenvalue weighted by Crippen LogP contribution is -1.74. The van der Waals surface area contributed by atoms with Crippen molar-refractivity contribution in [2.45, 2.75) is 13.3 Å². The predicted molar refractivity (Wildman–Crippen MR) is 41.0 cm³/mol. The van der Waals surface area contributed by atoms with Crippen molar-refractivity contribution in [3.63, 3.8) is 0 Å². The van der Waals surface area contributed by atoms with Gasteiger partial charge in [-0.2, -0.15) is 0 Å². The van der Waals surface area contributed by atoms with Crippen molar-refractivity contribution < 1.29 is 0 Å². The third-order valence-electron chi connectivity index (χ3n) is 0.968. The topological polar surface area (TPSA) is 17.8 Å². The molecule has 3 heteroatoms. The number of rotatable bonds is 1. The first-order valence-corrected chi connectivity index (χ1v) is 3.48. The molecule has 0 atom stereocenters. The van der Waals surface area contributed by atoms with Crippen LogP contribution in [-0.4, -0.2) is 7.76 Å². The predicted octanol–water partition coefficient (Wildman–Crippen LogP) is 1.64. The molecule has 0 saturated heterocycles. The molecule has 0 aliphatic heterocycles. The van der Waals surface area contributed by atoms with Gasteiger partial charge in [0.1, 0.15) is 6.33 Å². The average Bonchev–Trinajstić information content (AvgIpc) is 2.14. The van der Waals surface area contributed by atoms with Gasteiger partial charge in [0, 0.05) is 6.20 Å². The zero-order valence-electron chi connectivity index (χ0n) is 4.63. The standard InChI is InChI=1S/C5H7IN2/c1-2-5-3-8(6)4-7-5/h3-4H,2H2,1H3. The first-order valence-electron chi connectivity index (χ1n) is 2.52. The van der Waals surface area contributed by atoms with Crippen LogP contribution in [0.1, 0.15) is 12.6 Å². The molecule has 0 N–H and O–H groups in total. The highest BCUT2D eigenvalue weighted by atomic mass is 127. The van der Waals surface area contributed by atoms with Crippen LogP contribution >= 0.6 is 22.9 Å². The zero-order chi connectivity index (χ0) is 5.98. The van der Waals surface area contributed by atoms with Crippen LogP contribution in [0.5, 0.6) is 0 Å². The molecule has 1 rings (SSSR count). The summed E-state index contributed by atoms with van der Waals surface area (Å²) < 4.78 is 1.93. The van der Waals surface area contributed by atoms with Gasteiger partial charge in [0.15, 0.2) is 0 Å². The van der Waals surface area contributed by atoms with E-state index in [0.717, 1.165) is 12.1 Å². The summed E-state index contributed by atoms with van der Waals surface area (Å²) in [6.45, 7) is 2.10. The molecule has 2 nitrogen and oxygen atoms in total. The normalized spacial score (nSPS) is 9.75. The van der Waals surface area contributed by atoms with E-state index in [0.29, 0.717) is 0 Å². The van der Waals surface area contributed by atoms with Gasteiger partial charge in [-0.3, -0.25) is 2.78 Å². The summed E-state index contributed by atoms with van der Waals surface area (Å²) in [4.78, 5) is 4.09. The number of imidazole rings is 1. The van der Waals surface area contributed by atoms with E-state index in [-0.39, 0.29) is 0 Å². The Hall–Kier alpha value is -0.0600. The van der Waals surface area contributed by atoms with E-state index in [1.807, 2.05) is 8.98 Å². The minimum absolute atomic E-state index is 1.02. The summed E-state index contributed by atoms with van der Waals surface area (Å²) in [6, 6.07) is 0. The van der Waals surface area contributed by atoms with E-state index < -0.39 is 0 Å². The maximum atomic E-state index is 4.09. The minimum atomic E-state index is 1.02. The Morgan fingerprint density at radius 2 is 2.62 bits per heavy atom. The molecule has 0 aromatic carbocycles. The van der Waals surface area contributed by atoms with E-state index in [9.17, 15) is 0 Å². The summed E-state index contributed by atoms with van der Waals surface area (Å²) in [5.41, 5.74) is 1.15. The molecule has 0 fully saturated rings. The Labute approximate surface area is 62.4 Å². The fourth-order valence-corrected chi connectivity index (χ4v) is 0.967.